The van der Waals surface area contributed by atoms with Crippen LogP contribution in [0.5, 0.6) is 11.5 Å². The maximum Gasteiger partial charge on any atom is 0.127 e. The summed E-state index contributed by atoms with van der Waals surface area (Å²) in [6, 6.07) is 4.63. The first-order chi connectivity index (χ1) is 10.8. The molecule has 2 nitrogen and oxygen atoms in total. The minimum atomic E-state index is 0.123. The average molecular weight is 298 g/mol. The smallest absolute Gasteiger partial charge is 0.127 e. The number of hydrogen-bond donors (Lipinski definition) is 0. The third-order valence-corrected chi connectivity index (χ3v) is 6.45. The summed E-state index contributed by atoms with van der Waals surface area (Å²) in [7, 11) is 0. The van der Waals surface area contributed by atoms with Crippen molar-refractivity contribution in [2.75, 3.05) is 0 Å². The molecule has 1 aromatic rings. The number of ether oxygens (including phenoxy) is 2. The summed E-state index contributed by atoms with van der Waals surface area (Å²) in [6.45, 7) is 0. The SMILES string of the molecule is c1c2c(cc3c1CC1(CCCCC1)O3)OC1(CCCCC1)C2. The second kappa shape index (κ2) is 4.66. The Morgan fingerprint density at radius 2 is 1.05 bits per heavy atom. The van der Waals surface area contributed by atoms with Crippen molar-refractivity contribution in [1.82, 2.24) is 0 Å². The molecule has 22 heavy (non-hydrogen) atoms. The summed E-state index contributed by atoms with van der Waals surface area (Å²) in [4.78, 5) is 0. The summed E-state index contributed by atoms with van der Waals surface area (Å²) < 4.78 is 12.9. The van der Waals surface area contributed by atoms with Gasteiger partial charge in [-0.3, -0.25) is 0 Å². The Labute approximate surface area is 133 Å². The van der Waals surface area contributed by atoms with E-state index < -0.39 is 0 Å². The van der Waals surface area contributed by atoms with Crippen molar-refractivity contribution in [2.45, 2.75) is 88.3 Å². The van der Waals surface area contributed by atoms with Crippen LogP contribution in [0.25, 0.3) is 0 Å². The van der Waals surface area contributed by atoms with Crippen molar-refractivity contribution in [3.63, 3.8) is 0 Å². The van der Waals surface area contributed by atoms with E-state index in [-0.39, 0.29) is 11.2 Å². The van der Waals surface area contributed by atoms with Gasteiger partial charge in [-0.1, -0.05) is 12.8 Å². The van der Waals surface area contributed by atoms with Crippen molar-refractivity contribution < 1.29 is 9.47 Å². The predicted octanol–water partition coefficient (Wildman–Crippen LogP) is 4.96. The molecule has 0 radical (unpaired) electrons. The Balaban J connectivity index is 1.42. The highest BCUT2D eigenvalue weighted by Crippen LogP contribution is 2.50. The first-order valence-electron chi connectivity index (χ1n) is 9.30. The predicted molar refractivity (Wildman–Crippen MR) is 86.7 cm³/mol. The monoisotopic (exact) mass is 298 g/mol. The molecule has 2 aliphatic carbocycles. The van der Waals surface area contributed by atoms with Crippen LogP contribution in [0.3, 0.4) is 0 Å². The highest BCUT2D eigenvalue weighted by Gasteiger charge is 2.44. The largest absolute Gasteiger partial charge is 0.487 e. The second-order valence-electron chi connectivity index (χ2n) is 8.11. The molecule has 0 aromatic heterocycles. The average Bonchev–Trinajstić information content (AvgIpc) is 3.02. The molecule has 5 rings (SSSR count). The molecule has 0 bridgehead atoms. The molecule has 0 atom stereocenters. The van der Waals surface area contributed by atoms with E-state index in [9.17, 15) is 0 Å². The summed E-state index contributed by atoms with van der Waals surface area (Å²) in [5, 5.41) is 0. The maximum absolute atomic E-state index is 6.46. The zero-order valence-electron chi connectivity index (χ0n) is 13.5. The third-order valence-electron chi connectivity index (χ3n) is 6.45. The first-order valence-corrected chi connectivity index (χ1v) is 9.30. The first kappa shape index (κ1) is 13.3. The van der Waals surface area contributed by atoms with Crippen LogP contribution in [0.4, 0.5) is 0 Å². The van der Waals surface area contributed by atoms with Crippen LogP contribution in [-0.2, 0) is 12.8 Å². The lowest BCUT2D eigenvalue weighted by molar-refractivity contribution is 0.0475. The van der Waals surface area contributed by atoms with Gasteiger partial charge in [0, 0.05) is 18.9 Å². The molecule has 2 heterocycles. The van der Waals surface area contributed by atoms with Gasteiger partial charge in [0.25, 0.3) is 0 Å². The lowest BCUT2D eigenvalue weighted by atomic mass is 9.80. The van der Waals surface area contributed by atoms with Crippen molar-refractivity contribution in [2.24, 2.45) is 0 Å². The van der Waals surface area contributed by atoms with Gasteiger partial charge in [-0.25, -0.2) is 0 Å². The van der Waals surface area contributed by atoms with E-state index in [4.69, 9.17) is 9.47 Å². The Hall–Kier alpha value is -1.18. The lowest BCUT2D eigenvalue weighted by Crippen LogP contribution is -2.36. The highest BCUT2D eigenvalue weighted by atomic mass is 16.5. The lowest BCUT2D eigenvalue weighted by Gasteiger charge is -2.33. The number of benzene rings is 1. The molecular formula is C20H26O2. The van der Waals surface area contributed by atoms with Gasteiger partial charge in [-0.2, -0.15) is 0 Å². The van der Waals surface area contributed by atoms with Crippen LogP contribution in [0, 0.1) is 0 Å². The number of hydrogen-bond acceptors (Lipinski definition) is 2. The van der Waals surface area contributed by atoms with Crippen LogP contribution >= 0.6 is 0 Å². The number of fused-ring (bicyclic) bond motifs is 2. The molecule has 2 saturated carbocycles. The van der Waals surface area contributed by atoms with E-state index in [0.717, 1.165) is 24.3 Å². The molecule has 0 amide bonds. The van der Waals surface area contributed by atoms with E-state index in [0.29, 0.717) is 0 Å². The Morgan fingerprint density at radius 3 is 1.50 bits per heavy atom. The van der Waals surface area contributed by atoms with Crippen molar-refractivity contribution >= 4 is 0 Å². The molecule has 0 saturated heterocycles. The highest BCUT2D eigenvalue weighted by molar-refractivity contribution is 5.52. The van der Waals surface area contributed by atoms with Crippen LogP contribution < -0.4 is 9.47 Å². The standard InChI is InChI=1S/C20H26O2/c1-3-7-19(8-4-1)13-15-11-16-14-20(9-5-2-6-10-20)22-18(16)12-17(15)21-19/h11-12H,1-10,13-14H2. The van der Waals surface area contributed by atoms with Gasteiger partial charge in [0.15, 0.2) is 0 Å². The molecule has 4 aliphatic rings. The van der Waals surface area contributed by atoms with Gasteiger partial charge < -0.3 is 9.47 Å². The van der Waals surface area contributed by atoms with E-state index >= 15 is 0 Å². The summed E-state index contributed by atoms with van der Waals surface area (Å²) in [6.07, 6.45) is 15.3. The quantitative estimate of drug-likeness (QED) is 0.674. The van der Waals surface area contributed by atoms with E-state index in [1.165, 1.54) is 75.3 Å². The number of rotatable bonds is 0. The molecule has 2 heteroatoms. The summed E-state index contributed by atoms with van der Waals surface area (Å²) >= 11 is 0. The van der Waals surface area contributed by atoms with Gasteiger partial charge in [0.05, 0.1) is 0 Å². The van der Waals surface area contributed by atoms with Crippen molar-refractivity contribution in [3.05, 3.63) is 23.3 Å². The Kier molecular flexibility index (Phi) is 2.81. The van der Waals surface area contributed by atoms with Crippen molar-refractivity contribution in [1.29, 1.82) is 0 Å². The third kappa shape index (κ3) is 1.99. The zero-order chi connectivity index (χ0) is 14.6. The van der Waals surface area contributed by atoms with E-state index in [2.05, 4.69) is 12.1 Å². The van der Waals surface area contributed by atoms with Gasteiger partial charge in [0.1, 0.15) is 22.7 Å². The second-order valence-corrected chi connectivity index (χ2v) is 8.11. The fraction of sp³-hybridized carbons (Fsp3) is 0.700. The molecule has 2 spiro atoms. The van der Waals surface area contributed by atoms with Gasteiger partial charge >= 0.3 is 0 Å². The van der Waals surface area contributed by atoms with Crippen LogP contribution in [0.15, 0.2) is 12.1 Å². The van der Waals surface area contributed by atoms with Crippen LogP contribution in [0.2, 0.25) is 0 Å². The van der Waals surface area contributed by atoms with Gasteiger partial charge in [-0.15, -0.1) is 0 Å². The molecule has 0 unspecified atom stereocenters. The van der Waals surface area contributed by atoms with Crippen molar-refractivity contribution in [3.8, 4) is 11.5 Å². The van der Waals surface area contributed by atoms with Gasteiger partial charge in [0.2, 0.25) is 0 Å². The Morgan fingerprint density at radius 1 is 0.591 bits per heavy atom. The fourth-order valence-electron chi connectivity index (χ4n) is 5.31. The molecular weight excluding hydrogens is 272 g/mol. The molecule has 118 valence electrons. The molecule has 2 aliphatic heterocycles. The molecule has 1 aromatic carbocycles. The maximum atomic E-state index is 6.46. The minimum Gasteiger partial charge on any atom is -0.487 e. The van der Waals surface area contributed by atoms with Crippen LogP contribution in [0.1, 0.15) is 75.3 Å². The van der Waals surface area contributed by atoms with Crippen LogP contribution in [-0.4, -0.2) is 11.2 Å². The summed E-state index contributed by atoms with van der Waals surface area (Å²) in [5.41, 5.74) is 3.13. The zero-order valence-corrected chi connectivity index (χ0v) is 13.5. The fourth-order valence-corrected chi connectivity index (χ4v) is 5.31. The molecule has 0 N–H and O–H groups in total. The minimum absolute atomic E-state index is 0.123. The van der Waals surface area contributed by atoms with Gasteiger partial charge in [-0.05, 0) is 68.6 Å². The topological polar surface area (TPSA) is 18.5 Å². The summed E-state index contributed by atoms with van der Waals surface area (Å²) in [5.74, 6) is 2.24. The van der Waals surface area contributed by atoms with E-state index in [1.54, 1.807) is 0 Å². The Bertz CT molecular complexity index is 504. The normalized spacial score (nSPS) is 27.3. The molecule has 2 fully saturated rings. The van der Waals surface area contributed by atoms with E-state index in [1.807, 2.05) is 0 Å².